The summed E-state index contributed by atoms with van der Waals surface area (Å²) >= 11 is 5.94. The Morgan fingerprint density at radius 2 is 1.85 bits per heavy atom. The number of ether oxygens (including phenoxy) is 1. The molecule has 0 aliphatic carbocycles. The summed E-state index contributed by atoms with van der Waals surface area (Å²) in [6.07, 6.45) is -0.542. The smallest absolute Gasteiger partial charge is 0.268 e. The Kier molecular flexibility index (Phi) is 5.33. The van der Waals surface area contributed by atoms with Crippen molar-refractivity contribution in [2.24, 2.45) is 5.92 Å². The zero-order valence-electron chi connectivity index (χ0n) is 15.1. The maximum absolute atomic E-state index is 13.0. The lowest BCUT2D eigenvalue weighted by atomic mass is 10.0. The van der Waals surface area contributed by atoms with E-state index in [0.717, 1.165) is 5.56 Å². The van der Waals surface area contributed by atoms with Crippen molar-refractivity contribution >= 4 is 29.0 Å². The maximum atomic E-state index is 13.0. The predicted molar refractivity (Wildman–Crippen MR) is 103 cm³/mol. The van der Waals surface area contributed by atoms with Crippen molar-refractivity contribution in [1.29, 1.82) is 0 Å². The highest BCUT2D eigenvalue weighted by atomic mass is 35.5. The van der Waals surface area contributed by atoms with Crippen molar-refractivity contribution in [3.8, 4) is 5.75 Å². The van der Waals surface area contributed by atoms with Crippen LogP contribution in [0.2, 0.25) is 0 Å². The minimum atomic E-state index is -0.626. The van der Waals surface area contributed by atoms with E-state index in [4.69, 9.17) is 16.3 Å². The number of rotatable bonds is 5. The highest BCUT2D eigenvalue weighted by Gasteiger charge is 2.36. The first-order valence-electron chi connectivity index (χ1n) is 8.72. The van der Waals surface area contributed by atoms with Gasteiger partial charge in [0.2, 0.25) is 0 Å². The molecule has 2 atom stereocenters. The van der Waals surface area contributed by atoms with Gasteiger partial charge in [0.25, 0.3) is 5.91 Å². The molecule has 2 aromatic rings. The zero-order chi connectivity index (χ0) is 18.8. The van der Waals surface area contributed by atoms with Gasteiger partial charge < -0.3 is 9.64 Å². The summed E-state index contributed by atoms with van der Waals surface area (Å²) in [6, 6.07) is 14.9. The van der Waals surface area contributed by atoms with E-state index in [2.05, 4.69) is 0 Å². The molecule has 1 aliphatic rings. The summed E-state index contributed by atoms with van der Waals surface area (Å²) in [4.78, 5) is 27.0. The van der Waals surface area contributed by atoms with E-state index < -0.39 is 11.5 Å². The molecule has 1 aliphatic heterocycles. The molecule has 1 amide bonds. The Bertz CT molecular complexity index is 817. The molecule has 2 unspecified atom stereocenters. The standard InChI is InChI=1S/C21H22ClNO3/c1-13(2)20-21(25)23(12-15-7-5-4-6-8-15)17-11-16(19(24)14(3)22)9-10-18(17)26-20/h4-11,13-14,20H,12H2,1-3H3. The molecule has 3 rings (SSSR count). The lowest BCUT2D eigenvalue weighted by Gasteiger charge is -2.36. The monoisotopic (exact) mass is 371 g/mol. The first-order valence-corrected chi connectivity index (χ1v) is 9.16. The van der Waals surface area contributed by atoms with Crippen LogP contribution >= 0.6 is 11.6 Å². The summed E-state index contributed by atoms with van der Waals surface area (Å²) < 4.78 is 5.93. The Morgan fingerprint density at radius 1 is 1.15 bits per heavy atom. The molecule has 0 aromatic heterocycles. The molecule has 4 nitrogen and oxygen atoms in total. The fourth-order valence-corrected chi connectivity index (χ4v) is 3.15. The van der Waals surface area contributed by atoms with Gasteiger partial charge in [0, 0.05) is 5.56 Å². The van der Waals surface area contributed by atoms with E-state index >= 15 is 0 Å². The third-order valence-electron chi connectivity index (χ3n) is 4.45. The molecule has 0 saturated carbocycles. The molecule has 0 spiro atoms. The number of carbonyl (C=O) groups is 2. The molecule has 0 saturated heterocycles. The lowest BCUT2D eigenvalue weighted by Crippen LogP contribution is -2.48. The van der Waals surface area contributed by atoms with Crippen LogP contribution < -0.4 is 9.64 Å². The van der Waals surface area contributed by atoms with E-state index in [0.29, 0.717) is 23.5 Å². The number of benzene rings is 2. The summed E-state index contributed by atoms with van der Waals surface area (Å²) in [5.41, 5.74) is 2.10. The number of ketones is 1. The van der Waals surface area contributed by atoms with Gasteiger partial charge in [-0.15, -0.1) is 11.6 Å². The number of amides is 1. The average molecular weight is 372 g/mol. The van der Waals surface area contributed by atoms with Crippen LogP contribution in [0.25, 0.3) is 0 Å². The minimum absolute atomic E-state index is 0.0399. The second-order valence-electron chi connectivity index (χ2n) is 6.86. The third-order valence-corrected chi connectivity index (χ3v) is 4.65. The largest absolute Gasteiger partial charge is 0.478 e. The molecule has 2 aromatic carbocycles. The number of alkyl halides is 1. The number of anilines is 1. The van der Waals surface area contributed by atoms with Gasteiger partial charge in [-0.2, -0.15) is 0 Å². The van der Waals surface area contributed by atoms with Crippen molar-refractivity contribution < 1.29 is 14.3 Å². The SMILES string of the molecule is CC(Cl)C(=O)c1ccc2c(c1)N(Cc1ccccc1)C(=O)C(C(C)C)O2. The van der Waals surface area contributed by atoms with Gasteiger partial charge in [0.1, 0.15) is 5.75 Å². The molecule has 1 heterocycles. The Hall–Kier alpha value is -2.33. The number of fused-ring (bicyclic) bond motifs is 1. The molecular formula is C21H22ClNO3. The summed E-state index contributed by atoms with van der Waals surface area (Å²) in [5.74, 6) is 0.378. The third kappa shape index (κ3) is 3.61. The van der Waals surface area contributed by atoms with E-state index in [-0.39, 0.29) is 17.6 Å². The maximum Gasteiger partial charge on any atom is 0.268 e. The Morgan fingerprint density at radius 3 is 2.46 bits per heavy atom. The van der Waals surface area contributed by atoms with Gasteiger partial charge in [-0.05, 0) is 36.6 Å². The lowest BCUT2D eigenvalue weighted by molar-refractivity contribution is -0.128. The molecule has 136 valence electrons. The minimum Gasteiger partial charge on any atom is -0.478 e. The summed E-state index contributed by atoms with van der Waals surface area (Å²) in [7, 11) is 0. The second-order valence-corrected chi connectivity index (χ2v) is 7.51. The number of hydrogen-bond donors (Lipinski definition) is 0. The van der Waals surface area contributed by atoms with Crippen LogP contribution in [0.5, 0.6) is 5.75 Å². The first-order chi connectivity index (χ1) is 12.4. The summed E-state index contributed by atoms with van der Waals surface area (Å²) in [5, 5.41) is -0.626. The molecule has 26 heavy (non-hydrogen) atoms. The second kappa shape index (κ2) is 7.50. The van der Waals surface area contributed by atoms with E-state index in [1.165, 1.54) is 0 Å². The van der Waals surface area contributed by atoms with Crippen molar-refractivity contribution in [2.75, 3.05) is 4.90 Å². The first kappa shape index (κ1) is 18.5. The van der Waals surface area contributed by atoms with Gasteiger partial charge >= 0.3 is 0 Å². The van der Waals surface area contributed by atoms with Crippen LogP contribution in [0.3, 0.4) is 0 Å². The normalized spacial score (nSPS) is 17.7. The molecular weight excluding hydrogens is 350 g/mol. The Labute approximate surface area is 158 Å². The predicted octanol–water partition coefficient (Wildman–Crippen LogP) is 4.45. The van der Waals surface area contributed by atoms with E-state index in [9.17, 15) is 9.59 Å². The fourth-order valence-electron chi connectivity index (χ4n) is 3.02. The van der Waals surface area contributed by atoms with Crippen LogP contribution in [0, 0.1) is 5.92 Å². The van der Waals surface area contributed by atoms with E-state index in [1.807, 2.05) is 44.2 Å². The van der Waals surface area contributed by atoms with Crippen LogP contribution in [0.1, 0.15) is 36.7 Å². The molecule has 0 fully saturated rings. The molecule has 0 N–H and O–H groups in total. The van der Waals surface area contributed by atoms with Gasteiger partial charge in [0.05, 0.1) is 17.6 Å². The highest BCUT2D eigenvalue weighted by molar-refractivity contribution is 6.33. The van der Waals surface area contributed by atoms with Crippen molar-refractivity contribution in [3.63, 3.8) is 0 Å². The quantitative estimate of drug-likeness (QED) is 0.576. The molecule has 5 heteroatoms. The summed E-state index contributed by atoms with van der Waals surface area (Å²) in [6.45, 7) is 5.98. The van der Waals surface area contributed by atoms with Crippen LogP contribution in [-0.4, -0.2) is 23.2 Å². The molecule has 0 radical (unpaired) electrons. The van der Waals surface area contributed by atoms with Crippen LogP contribution in [-0.2, 0) is 11.3 Å². The van der Waals surface area contributed by atoms with Crippen molar-refractivity contribution in [3.05, 3.63) is 59.7 Å². The fraction of sp³-hybridized carbons (Fsp3) is 0.333. The van der Waals surface area contributed by atoms with Crippen LogP contribution in [0.15, 0.2) is 48.5 Å². The van der Waals surface area contributed by atoms with Gasteiger partial charge in [-0.3, -0.25) is 9.59 Å². The highest BCUT2D eigenvalue weighted by Crippen LogP contribution is 2.37. The van der Waals surface area contributed by atoms with E-state index in [1.54, 1.807) is 30.0 Å². The van der Waals surface area contributed by atoms with Crippen LogP contribution in [0.4, 0.5) is 5.69 Å². The Balaban J connectivity index is 2.04. The number of carbonyl (C=O) groups excluding carboxylic acids is 2. The zero-order valence-corrected chi connectivity index (χ0v) is 15.9. The number of halogens is 1. The van der Waals surface area contributed by atoms with Gasteiger partial charge in [-0.25, -0.2) is 0 Å². The van der Waals surface area contributed by atoms with Crippen molar-refractivity contribution in [2.45, 2.75) is 38.8 Å². The van der Waals surface area contributed by atoms with Gasteiger partial charge in [-0.1, -0.05) is 44.2 Å². The number of nitrogens with zero attached hydrogens (tertiary/aromatic N) is 1. The molecule has 0 bridgehead atoms. The topological polar surface area (TPSA) is 46.6 Å². The van der Waals surface area contributed by atoms with Gasteiger partial charge in [0.15, 0.2) is 11.9 Å². The number of Topliss-reactive ketones (excluding diaryl/α,β-unsaturated/α-hetero) is 1. The van der Waals surface area contributed by atoms with Crippen molar-refractivity contribution in [1.82, 2.24) is 0 Å². The number of hydrogen-bond acceptors (Lipinski definition) is 3. The average Bonchev–Trinajstić information content (AvgIpc) is 2.63.